The Kier molecular flexibility index (Phi) is 5.51. The third-order valence-corrected chi connectivity index (χ3v) is 10.6. The molecule has 214 valence electrons. The van der Waals surface area contributed by atoms with Crippen molar-refractivity contribution < 1.29 is 4.42 Å². The molecule has 0 amide bonds. The van der Waals surface area contributed by atoms with Gasteiger partial charge in [0.15, 0.2) is 0 Å². The van der Waals surface area contributed by atoms with Crippen molar-refractivity contribution in [2.24, 2.45) is 0 Å². The first-order chi connectivity index (χ1) is 22.8. The Balaban J connectivity index is 1.34. The highest BCUT2D eigenvalue weighted by Gasteiger charge is 2.24. The number of fused-ring (bicyclic) bond motifs is 7. The largest absolute Gasteiger partial charge is 0.455 e. The molecule has 8 aromatic carbocycles. The second-order valence-electron chi connectivity index (χ2n) is 12.0. The SMILES string of the molecule is c1ccc(-c2c(-c3c4ccccc4c(-c4ccc5ccccc5c4)c4ccccc34)oc3cc4c(cc23)sc2ccccc24)cc1. The fourth-order valence-corrected chi connectivity index (χ4v) is 8.54. The number of rotatable bonds is 3. The summed E-state index contributed by atoms with van der Waals surface area (Å²) < 4.78 is 9.67. The second-order valence-corrected chi connectivity index (χ2v) is 13.1. The van der Waals surface area contributed by atoms with Crippen LogP contribution in [0, 0.1) is 0 Å². The van der Waals surface area contributed by atoms with Crippen LogP contribution in [0.1, 0.15) is 0 Å². The van der Waals surface area contributed by atoms with E-state index in [1.165, 1.54) is 63.6 Å². The first-order valence-electron chi connectivity index (χ1n) is 15.7. The van der Waals surface area contributed by atoms with Crippen LogP contribution in [0.15, 0.2) is 162 Å². The van der Waals surface area contributed by atoms with Gasteiger partial charge in [-0.3, -0.25) is 0 Å². The van der Waals surface area contributed by atoms with Gasteiger partial charge in [0.1, 0.15) is 11.3 Å². The van der Waals surface area contributed by atoms with Crippen LogP contribution in [0.4, 0.5) is 0 Å². The lowest BCUT2D eigenvalue weighted by Crippen LogP contribution is -1.91. The molecule has 46 heavy (non-hydrogen) atoms. The zero-order valence-electron chi connectivity index (χ0n) is 24.8. The molecule has 10 aromatic rings. The van der Waals surface area contributed by atoms with Crippen LogP contribution in [0.2, 0.25) is 0 Å². The van der Waals surface area contributed by atoms with Crippen molar-refractivity contribution in [1.82, 2.24) is 0 Å². The van der Waals surface area contributed by atoms with Crippen molar-refractivity contribution in [2.75, 3.05) is 0 Å². The van der Waals surface area contributed by atoms with Crippen molar-refractivity contribution in [3.8, 4) is 33.6 Å². The van der Waals surface area contributed by atoms with Crippen LogP contribution < -0.4 is 0 Å². The van der Waals surface area contributed by atoms with E-state index in [0.29, 0.717) is 0 Å². The average molecular weight is 603 g/mol. The zero-order valence-corrected chi connectivity index (χ0v) is 25.6. The molecule has 0 saturated carbocycles. The van der Waals surface area contributed by atoms with Crippen LogP contribution in [0.5, 0.6) is 0 Å². The van der Waals surface area contributed by atoms with E-state index in [2.05, 4.69) is 158 Å². The number of hydrogen-bond acceptors (Lipinski definition) is 2. The minimum Gasteiger partial charge on any atom is -0.455 e. The summed E-state index contributed by atoms with van der Waals surface area (Å²) in [4.78, 5) is 0. The Morgan fingerprint density at radius 2 is 0.957 bits per heavy atom. The molecule has 0 radical (unpaired) electrons. The highest BCUT2D eigenvalue weighted by atomic mass is 32.1. The maximum atomic E-state index is 7.09. The molecule has 2 heterocycles. The lowest BCUT2D eigenvalue weighted by Gasteiger charge is -2.17. The van der Waals surface area contributed by atoms with Gasteiger partial charge in [0, 0.05) is 36.7 Å². The fourth-order valence-electron chi connectivity index (χ4n) is 7.41. The van der Waals surface area contributed by atoms with Crippen molar-refractivity contribution in [3.63, 3.8) is 0 Å². The molecular weight excluding hydrogens is 577 g/mol. The van der Waals surface area contributed by atoms with E-state index >= 15 is 0 Å². The van der Waals surface area contributed by atoms with Gasteiger partial charge in [-0.05, 0) is 73.3 Å². The predicted molar refractivity (Wildman–Crippen MR) is 198 cm³/mol. The van der Waals surface area contributed by atoms with E-state index in [1.54, 1.807) is 0 Å². The molecule has 1 nitrogen and oxygen atoms in total. The van der Waals surface area contributed by atoms with E-state index in [-0.39, 0.29) is 0 Å². The third-order valence-electron chi connectivity index (χ3n) is 9.45. The molecule has 2 heteroatoms. The summed E-state index contributed by atoms with van der Waals surface area (Å²) in [5.41, 5.74) is 6.82. The van der Waals surface area contributed by atoms with Crippen LogP contribution in [-0.4, -0.2) is 0 Å². The van der Waals surface area contributed by atoms with Crippen molar-refractivity contribution in [2.45, 2.75) is 0 Å². The zero-order chi connectivity index (χ0) is 30.2. The highest BCUT2D eigenvalue weighted by Crippen LogP contribution is 2.50. The average Bonchev–Trinajstić information content (AvgIpc) is 3.67. The molecule has 0 unspecified atom stereocenters. The van der Waals surface area contributed by atoms with Gasteiger partial charge in [0.05, 0.1) is 0 Å². The van der Waals surface area contributed by atoms with E-state index < -0.39 is 0 Å². The van der Waals surface area contributed by atoms with Crippen molar-refractivity contribution >= 4 is 74.8 Å². The normalized spacial score (nSPS) is 11.9. The first-order valence-corrected chi connectivity index (χ1v) is 16.5. The molecule has 0 aliphatic heterocycles. The number of hydrogen-bond donors (Lipinski definition) is 0. The maximum absolute atomic E-state index is 7.09. The molecule has 10 rings (SSSR count). The Hall–Kier alpha value is -5.70. The molecule has 0 bridgehead atoms. The number of thiophene rings is 1. The lowest BCUT2D eigenvalue weighted by atomic mass is 9.85. The van der Waals surface area contributed by atoms with E-state index in [4.69, 9.17) is 4.42 Å². The van der Waals surface area contributed by atoms with Gasteiger partial charge in [0.25, 0.3) is 0 Å². The van der Waals surface area contributed by atoms with Crippen molar-refractivity contribution in [1.29, 1.82) is 0 Å². The van der Waals surface area contributed by atoms with Crippen LogP contribution >= 0.6 is 11.3 Å². The Bertz CT molecular complexity index is 2740. The quantitative estimate of drug-likeness (QED) is 0.183. The predicted octanol–water partition coefficient (Wildman–Crippen LogP) is 13.3. The topological polar surface area (TPSA) is 13.1 Å². The number of furan rings is 1. The van der Waals surface area contributed by atoms with Gasteiger partial charge in [0.2, 0.25) is 0 Å². The van der Waals surface area contributed by atoms with E-state index in [1.807, 2.05) is 11.3 Å². The van der Waals surface area contributed by atoms with E-state index in [9.17, 15) is 0 Å². The summed E-state index contributed by atoms with van der Waals surface area (Å²) in [6, 6.07) is 57.1. The molecule has 0 N–H and O–H groups in total. The summed E-state index contributed by atoms with van der Waals surface area (Å²) in [6.07, 6.45) is 0. The summed E-state index contributed by atoms with van der Waals surface area (Å²) in [7, 11) is 0. The Morgan fingerprint density at radius 3 is 1.70 bits per heavy atom. The minimum absolute atomic E-state index is 0.914. The third kappa shape index (κ3) is 3.74. The van der Waals surface area contributed by atoms with Gasteiger partial charge in [-0.15, -0.1) is 11.3 Å². The molecule has 0 saturated heterocycles. The molecule has 0 fully saturated rings. The van der Waals surface area contributed by atoms with Crippen molar-refractivity contribution in [3.05, 3.63) is 158 Å². The standard InChI is InChI=1S/C44H26OS/c1-2-13-28(14-3-1)42-37-26-40-36(31-16-10-11-21-39(31)46-40)25-38(37)45-44(42)43-34-19-8-6-17-32(34)41(33-18-7-9-20-35(33)43)30-23-22-27-12-4-5-15-29(27)24-30/h1-26H. The van der Waals surface area contributed by atoms with Gasteiger partial charge < -0.3 is 4.42 Å². The highest BCUT2D eigenvalue weighted by molar-refractivity contribution is 7.25. The molecular formula is C44H26OS. The summed E-state index contributed by atoms with van der Waals surface area (Å²) in [6.45, 7) is 0. The van der Waals surface area contributed by atoms with Crippen LogP contribution in [0.3, 0.4) is 0 Å². The minimum atomic E-state index is 0.914. The molecule has 2 aromatic heterocycles. The van der Waals surface area contributed by atoms with Gasteiger partial charge in [-0.1, -0.05) is 133 Å². The maximum Gasteiger partial charge on any atom is 0.144 e. The Morgan fingerprint density at radius 1 is 0.348 bits per heavy atom. The summed E-state index contributed by atoms with van der Waals surface area (Å²) in [5.74, 6) is 0.917. The first kappa shape index (κ1) is 25.6. The summed E-state index contributed by atoms with van der Waals surface area (Å²) >= 11 is 1.85. The van der Waals surface area contributed by atoms with Gasteiger partial charge >= 0.3 is 0 Å². The molecule has 0 aliphatic rings. The van der Waals surface area contributed by atoms with Gasteiger partial charge in [-0.2, -0.15) is 0 Å². The Labute approximate surface area is 269 Å². The second kappa shape index (κ2) is 9.90. The lowest BCUT2D eigenvalue weighted by molar-refractivity contribution is 0.634. The summed E-state index contributed by atoms with van der Waals surface area (Å²) in [5, 5.41) is 11.0. The molecule has 0 atom stereocenters. The van der Waals surface area contributed by atoms with E-state index in [0.717, 1.165) is 33.4 Å². The molecule has 0 aliphatic carbocycles. The smallest absolute Gasteiger partial charge is 0.144 e. The fraction of sp³-hybridized carbons (Fsp3) is 0. The monoisotopic (exact) mass is 602 g/mol. The molecule has 0 spiro atoms. The van der Waals surface area contributed by atoms with Crippen LogP contribution in [0.25, 0.3) is 97.0 Å². The van der Waals surface area contributed by atoms with Gasteiger partial charge in [-0.25, -0.2) is 0 Å². The number of benzene rings is 8. The van der Waals surface area contributed by atoms with Crippen LogP contribution in [-0.2, 0) is 0 Å².